The molecular formula is C16H26FN3O2S. The Hall–Kier alpha value is -1.02. The number of rotatable bonds is 7. The van der Waals surface area contributed by atoms with Gasteiger partial charge < -0.3 is 4.90 Å². The van der Waals surface area contributed by atoms with Crippen LogP contribution in [0.5, 0.6) is 0 Å². The van der Waals surface area contributed by atoms with E-state index in [9.17, 15) is 12.8 Å². The smallest absolute Gasteiger partial charge is 0.208 e. The molecule has 0 bridgehead atoms. The number of nitrogens with zero attached hydrogens (tertiary/aromatic N) is 2. The molecule has 1 aliphatic rings. The van der Waals surface area contributed by atoms with E-state index in [1.807, 2.05) is 6.07 Å². The lowest BCUT2D eigenvalue weighted by Gasteiger charge is -2.38. The Kier molecular flexibility index (Phi) is 6.52. The van der Waals surface area contributed by atoms with Crippen LogP contribution in [0.3, 0.4) is 0 Å². The van der Waals surface area contributed by atoms with Gasteiger partial charge in [-0.25, -0.2) is 17.5 Å². The number of sulfonamides is 1. The van der Waals surface area contributed by atoms with Crippen molar-refractivity contribution in [3.05, 3.63) is 35.6 Å². The van der Waals surface area contributed by atoms with E-state index in [2.05, 4.69) is 21.4 Å². The van der Waals surface area contributed by atoms with Crippen LogP contribution in [0, 0.1) is 5.82 Å². The highest BCUT2D eigenvalue weighted by atomic mass is 32.2. The minimum atomic E-state index is -3.09. The first-order valence-electron chi connectivity index (χ1n) is 8.01. The van der Waals surface area contributed by atoms with Gasteiger partial charge in [-0.2, -0.15) is 0 Å². The fourth-order valence-electron chi connectivity index (χ4n) is 2.91. The minimum Gasteiger partial charge on any atom is -0.301 e. The molecule has 5 nitrogen and oxygen atoms in total. The van der Waals surface area contributed by atoms with E-state index in [0.29, 0.717) is 6.54 Å². The van der Waals surface area contributed by atoms with Gasteiger partial charge in [0.2, 0.25) is 10.0 Å². The molecule has 0 saturated carbocycles. The molecule has 1 aromatic rings. The summed E-state index contributed by atoms with van der Waals surface area (Å²) in [7, 11) is -3.09. The molecule has 1 saturated heterocycles. The molecule has 1 aromatic carbocycles. The summed E-state index contributed by atoms with van der Waals surface area (Å²) < 4.78 is 37.9. The van der Waals surface area contributed by atoms with Gasteiger partial charge in [-0.3, -0.25) is 4.90 Å². The third kappa shape index (κ3) is 6.18. The highest BCUT2D eigenvalue weighted by molar-refractivity contribution is 7.88. The van der Waals surface area contributed by atoms with Crippen LogP contribution >= 0.6 is 0 Å². The molecule has 0 aliphatic carbocycles. The molecule has 0 spiro atoms. The van der Waals surface area contributed by atoms with Crippen LogP contribution in [0.2, 0.25) is 0 Å². The van der Waals surface area contributed by atoms with Crippen molar-refractivity contribution in [3.8, 4) is 0 Å². The van der Waals surface area contributed by atoms with E-state index in [4.69, 9.17) is 0 Å². The molecule has 23 heavy (non-hydrogen) atoms. The van der Waals surface area contributed by atoms with Gasteiger partial charge in [-0.15, -0.1) is 0 Å². The summed E-state index contributed by atoms with van der Waals surface area (Å²) in [4.78, 5) is 4.71. The van der Waals surface area contributed by atoms with Crippen LogP contribution in [0.4, 0.5) is 4.39 Å². The molecule has 0 aromatic heterocycles. The predicted octanol–water partition coefficient (Wildman–Crippen LogP) is 1.44. The predicted molar refractivity (Wildman–Crippen MR) is 90.3 cm³/mol. The van der Waals surface area contributed by atoms with Gasteiger partial charge >= 0.3 is 0 Å². The fourth-order valence-corrected chi connectivity index (χ4v) is 3.43. The second-order valence-electron chi connectivity index (χ2n) is 6.13. The van der Waals surface area contributed by atoms with Gasteiger partial charge in [0.15, 0.2) is 0 Å². The molecule has 1 N–H and O–H groups in total. The summed E-state index contributed by atoms with van der Waals surface area (Å²) in [6.07, 6.45) is 1.99. The molecule has 0 unspecified atom stereocenters. The highest BCUT2D eigenvalue weighted by Crippen LogP contribution is 2.22. The summed E-state index contributed by atoms with van der Waals surface area (Å²) in [5.74, 6) is -0.189. The van der Waals surface area contributed by atoms with Crippen molar-refractivity contribution in [3.63, 3.8) is 0 Å². The van der Waals surface area contributed by atoms with Crippen molar-refractivity contribution < 1.29 is 12.8 Å². The zero-order valence-electron chi connectivity index (χ0n) is 13.8. The molecular weight excluding hydrogens is 317 g/mol. The van der Waals surface area contributed by atoms with E-state index >= 15 is 0 Å². The standard InChI is InChI=1S/C16H26FN3O2S/c1-14(15-5-3-6-16(17)13-15)20-11-9-19(10-12-20)8-4-7-18-23(2,21)22/h3,5-6,13-14,18H,4,7-12H2,1-2H3/t14-/m0/s1. The van der Waals surface area contributed by atoms with Gasteiger partial charge in [-0.1, -0.05) is 12.1 Å². The van der Waals surface area contributed by atoms with Crippen LogP contribution < -0.4 is 4.72 Å². The lowest BCUT2D eigenvalue weighted by Crippen LogP contribution is -2.47. The van der Waals surface area contributed by atoms with E-state index in [0.717, 1.165) is 44.7 Å². The zero-order valence-corrected chi connectivity index (χ0v) is 14.7. The van der Waals surface area contributed by atoms with Crippen LogP contribution in [-0.4, -0.2) is 63.7 Å². The van der Waals surface area contributed by atoms with Crippen LogP contribution in [0.1, 0.15) is 24.9 Å². The molecule has 1 atom stereocenters. The first-order valence-corrected chi connectivity index (χ1v) is 9.91. The summed E-state index contributed by atoms with van der Waals surface area (Å²) in [6, 6.07) is 7.01. The van der Waals surface area contributed by atoms with Crippen molar-refractivity contribution in [1.29, 1.82) is 0 Å². The SMILES string of the molecule is C[C@@H](c1cccc(F)c1)N1CCN(CCCNS(C)(=O)=O)CC1. The summed E-state index contributed by atoms with van der Waals surface area (Å²) in [6.45, 7) is 7.29. The molecule has 130 valence electrons. The maximum absolute atomic E-state index is 13.3. The van der Waals surface area contributed by atoms with Gasteiger partial charge in [0, 0.05) is 38.8 Å². The maximum Gasteiger partial charge on any atom is 0.208 e. The zero-order chi connectivity index (χ0) is 16.9. The van der Waals surface area contributed by atoms with Gasteiger partial charge in [0.1, 0.15) is 5.82 Å². The van der Waals surface area contributed by atoms with E-state index in [1.165, 1.54) is 12.3 Å². The third-order valence-electron chi connectivity index (χ3n) is 4.30. The van der Waals surface area contributed by atoms with Crippen molar-refractivity contribution in [2.75, 3.05) is 45.5 Å². The first-order chi connectivity index (χ1) is 10.8. The molecule has 1 fully saturated rings. The average Bonchev–Trinajstić information content (AvgIpc) is 2.50. The molecule has 1 heterocycles. The summed E-state index contributed by atoms with van der Waals surface area (Å²) in [5, 5.41) is 0. The van der Waals surface area contributed by atoms with Crippen molar-refractivity contribution in [2.45, 2.75) is 19.4 Å². The lowest BCUT2D eigenvalue weighted by molar-refractivity contribution is 0.102. The maximum atomic E-state index is 13.3. The number of hydrogen-bond acceptors (Lipinski definition) is 4. The van der Waals surface area contributed by atoms with Gasteiger partial charge in [0.05, 0.1) is 6.26 Å². The topological polar surface area (TPSA) is 52.6 Å². The number of benzene rings is 1. The van der Waals surface area contributed by atoms with E-state index < -0.39 is 10.0 Å². The number of hydrogen-bond donors (Lipinski definition) is 1. The lowest BCUT2D eigenvalue weighted by atomic mass is 10.1. The number of halogens is 1. The Morgan fingerprint density at radius 2 is 1.96 bits per heavy atom. The molecule has 2 rings (SSSR count). The quantitative estimate of drug-likeness (QED) is 0.761. The molecule has 1 aliphatic heterocycles. The Balaban J connectivity index is 1.73. The van der Waals surface area contributed by atoms with Gasteiger partial charge in [-0.05, 0) is 37.6 Å². The Labute approximate surface area is 138 Å². The molecule has 0 radical (unpaired) electrons. The molecule has 7 heteroatoms. The van der Waals surface area contributed by atoms with Crippen LogP contribution in [0.15, 0.2) is 24.3 Å². The van der Waals surface area contributed by atoms with Crippen LogP contribution in [0.25, 0.3) is 0 Å². The fraction of sp³-hybridized carbons (Fsp3) is 0.625. The average molecular weight is 343 g/mol. The van der Waals surface area contributed by atoms with Crippen molar-refractivity contribution >= 4 is 10.0 Å². The largest absolute Gasteiger partial charge is 0.301 e. The number of nitrogens with one attached hydrogen (secondary N) is 1. The highest BCUT2D eigenvalue weighted by Gasteiger charge is 2.21. The van der Waals surface area contributed by atoms with Crippen molar-refractivity contribution in [1.82, 2.24) is 14.5 Å². The van der Waals surface area contributed by atoms with Gasteiger partial charge in [0.25, 0.3) is 0 Å². The van der Waals surface area contributed by atoms with E-state index in [-0.39, 0.29) is 11.9 Å². The third-order valence-corrected chi connectivity index (χ3v) is 5.03. The monoisotopic (exact) mass is 343 g/mol. The Bertz CT molecular complexity index is 601. The summed E-state index contributed by atoms with van der Waals surface area (Å²) >= 11 is 0. The Morgan fingerprint density at radius 1 is 1.26 bits per heavy atom. The second-order valence-corrected chi connectivity index (χ2v) is 7.96. The number of piperazine rings is 1. The Morgan fingerprint density at radius 3 is 2.57 bits per heavy atom. The second kappa shape index (κ2) is 8.19. The van der Waals surface area contributed by atoms with Crippen molar-refractivity contribution in [2.24, 2.45) is 0 Å². The first kappa shape index (κ1) is 18.3. The van der Waals surface area contributed by atoms with E-state index in [1.54, 1.807) is 12.1 Å². The molecule has 0 amide bonds. The van der Waals surface area contributed by atoms with Crippen LogP contribution in [-0.2, 0) is 10.0 Å². The normalized spacial score (nSPS) is 18.9. The minimum absolute atomic E-state index is 0.189. The summed E-state index contributed by atoms with van der Waals surface area (Å²) in [5.41, 5.74) is 1.01.